The Morgan fingerprint density at radius 2 is 2.00 bits per heavy atom. The molecule has 166 valence electrons. The maximum atomic E-state index is 13.7. The SMILES string of the molecule is Cc1ccc(CCN2CC(C(=O)Nc3nnc(SCc4ccccc4F)s3)CC2=O)cc1. The standard InChI is InChI=1S/C23H23FN4O2S2/c1-15-6-8-16(9-7-15)10-11-28-13-18(12-20(28)29)21(30)25-22-26-27-23(32-22)31-14-17-4-2-3-5-19(17)24/h2-9,18H,10-14H2,1H3,(H,25,26,30). The van der Waals surface area contributed by atoms with Crippen LogP contribution >= 0.6 is 23.1 Å². The number of likely N-dealkylation sites (tertiary alicyclic amines) is 1. The number of rotatable bonds is 8. The summed E-state index contributed by atoms with van der Waals surface area (Å²) in [6.45, 7) is 3.05. The van der Waals surface area contributed by atoms with Gasteiger partial charge in [-0.2, -0.15) is 0 Å². The Hall–Kier alpha value is -2.78. The summed E-state index contributed by atoms with van der Waals surface area (Å²) in [5.74, 6) is -0.453. The molecular formula is C23H23FN4O2S2. The van der Waals surface area contributed by atoms with Crippen molar-refractivity contribution in [3.8, 4) is 0 Å². The van der Waals surface area contributed by atoms with Crippen molar-refractivity contribution >= 4 is 40.0 Å². The van der Waals surface area contributed by atoms with Crippen molar-refractivity contribution in [3.63, 3.8) is 0 Å². The summed E-state index contributed by atoms with van der Waals surface area (Å²) in [6, 6.07) is 14.8. The lowest BCUT2D eigenvalue weighted by molar-refractivity contribution is -0.128. The second-order valence-electron chi connectivity index (χ2n) is 7.72. The molecule has 0 saturated carbocycles. The van der Waals surface area contributed by atoms with Crippen LogP contribution in [0.3, 0.4) is 0 Å². The number of aryl methyl sites for hydroxylation is 1. The van der Waals surface area contributed by atoms with Crippen molar-refractivity contribution in [1.82, 2.24) is 15.1 Å². The van der Waals surface area contributed by atoms with Gasteiger partial charge in [0.2, 0.25) is 16.9 Å². The van der Waals surface area contributed by atoms with Crippen LogP contribution in [0.15, 0.2) is 52.9 Å². The molecule has 4 rings (SSSR count). The van der Waals surface area contributed by atoms with E-state index in [-0.39, 0.29) is 24.1 Å². The molecule has 6 nitrogen and oxygen atoms in total. The van der Waals surface area contributed by atoms with Gasteiger partial charge in [-0.15, -0.1) is 10.2 Å². The van der Waals surface area contributed by atoms with E-state index in [0.717, 1.165) is 6.42 Å². The van der Waals surface area contributed by atoms with E-state index in [1.807, 2.05) is 6.92 Å². The Balaban J connectivity index is 1.26. The van der Waals surface area contributed by atoms with Crippen LogP contribution in [0.4, 0.5) is 9.52 Å². The van der Waals surface area contributed by atoms with Gasteiger partial charge in [-0.3, -0.25) is 9.59 Å². The number of anilines is 1. The summed E-state index contributed by atoms with van der Waals surface area (Å²) in [6.07, 6.45) is 0.965. The van der Waals surface area contributed by atoms with Crippen molar-refractivity contribution in [2.75, 3.05) is 18.4 Å². The zero-order valence-electron chi connectivity index (χ0n) is 17.6. The van der Waals surface area contributed by atoms with Crippen LogP contribution in [0.1, 0.15) is 23.1 Å². The lowest BCUT2D eigenvalue weighted by atomic mass is 10.1. The summed E-state index contributed by atoms with van der Waals surface area (Å²) in [5, 5.41) is 11.2. The van der Waals surface area contributed by atoms with Gasteiger partial charge < -0.3 is 10.2 Å². The fourth-order valence-corrected chi connectivity index (χ4v) is 5.20. The quantitative estimate of drug-likeness (QED) is 0.392. The highest BCUT2D eigenvalue weighted by Gasteiger charge is 2.34. The Morgan fingerprint density at radius 1 is 1.22 bits per heavy atom. The number of amides is 2. The Morgan fingerprint density at radius 3 is 2.78 bits per heavy atom. The third-order valence-corrected chi connectivity index (χ3v) is 7.34. The zero-order chi connectivity index (χ0) is 22.5. The number of nitrogens with one attached hydrogen (secondary N) is 1. The molecule has 3 aromatic rings. The largest absolute Gasteiger partial charge is 0.342 e. The van der Waals surface area contributed by atoms with Crippen LogP contribution in [0, 0.1) is 18.7 Å². The molecule has 1 atom stereocenters. The molecule has 9 heteroatoms. The van der Waals surface area contributed by atoms with Gasteiger partial charge in [-0.05, 0) is 30.5 Å². The Labute approximate surface area is 194 Å². The third kappa shape index (κ3) is 5.72. The minimum Gasteiger partial charge on any atom is -0.342 e. The molecular weight excluding hydrogens is 447 g/mol. The molecule has 2 aromatic carbocycles. The highest BCUT2D eigenvalue weighted by atomic mass is 32.2. The Kier molecular flexibility index (Phi) is 7.16. The predicted octanol–water partition coefficient (Wildman–Crippen LogP) is 4.31. The van der Waals surface area contributed by atoms with Crippen molar-refractivity contribution in [3.05, 3.63) is 71.0 Å². The van der Waals surface area contributed by atoms with E-state index in [2.05, 4.69) is 39.8 Å². The minimum atomic E-state index is -0.404. The molecule has 1 N–H and O–H groups in total. The molecule has 2 heterocycles. The number of halogens is 1. The molecule has 2 amide bonds. The molecule has 1 saturated heterocycles. The number of carbonyl (C=O) groups excluding carboxylic acids is 2. The van der Waals surface area contributed by atoms with Gasteiger partial charge in [0.25, 0.3) is 0 Å². The monoisotopic (exact) mass is 470 g/mol. The number of nitrogens with zero attached hydrogens (tertiary/aromatic N) is 3. The first-order valence-electron chi connectivity index (χ1n) is 10.3. The van der Waals surface area contributed by atoms with Crippen molar-refractivity contribution in [2.24, 2.45) is 5.92 Å². The number of hydrogen-bond donors (Lipinski definition) is 1. The second kappa shape index (κ2) is 10.2. The van der Waals surface area contributed by atoms with E-state index in [9.17, 15) is 14.0 Å². The first-order chi connectivity index (χ1) is 15.5. The molecule has 0 aliphatic carbocycles. The summed E-state index contributed by atoms with van der Waals surface area (Å²) < 4.78 is 14.4. The Bertz CT molecular complexity index is 1100. The smallest absolute Gasteiger partial charge is 0.231 e. The number of carbonyl (C=O) groups is 2. The van der Waals surface area contributed by atoms with Crippen molar-refractivity contribution in [1.29, 1.82) is 0 Å². The zero-order valence-corrected chi connectivity index (χ0v) is 19.2. The fraction of sp³-hybridized carbons (Fsp3) is 0.304. The fourth-order valence-electron chi connectivity index (χ4n) is 3.46. The van der Waals surface area contributed by atoms with Crippen LogP contribution < -0.4 is 5.32 Å². The lowest BCUT2D eigenvalue weighted by Crippen LogP contribution is -2.30. The number of benzene rings is 2. The van der Waals surface area contributed by atoms with Crippen LogP contribution in [0.2, 0.25) is 0 Å². The van der Waals surface area contributed by atoms with E-state index in [1.54, 1.807) is 23.1 Å². The van der Waals surface area contributed by atoms with E-state index in [0.29, 0.717) is 33.9 Å². The molecule has 1 aliphatic heterocycles. The molecule has 0 bridgehead atoms. The van der Waals surface area contributed by atoms with Crippen LogP contribution in [0.25, 0.3) is 0 Å². The first-order valence-corrected chi connectivity index (χ1v) is 12.1. The molecule has 1 unspecified atom stereocenters. The normalized spacial score (nSPS) is 15.9. The van der Waals surface area contributed by atoms with Gasteiger partial charge in [0.15, 0.2) is 4.34 Å². The van der Waals surface area contributed by atoms with E-state index in [1.165, 1.54) is 40.3 Å². The average molecular weight is 471 g/mol. The van der Waals surface area contributed by atoms with Crippen molar-refractivity contribution in [2.45, 2.75) is 29.9 Å². The average Bonchev–Trinajstić information content (AvgIpc) is 3.39. The summed E-state index contributed by atoms with van der Waals surface area (Å²) in [5.41, 5.74) is 2.97. The van der Waals surface area contributed by atoms with Gasteiger partial charge >= 0.3 is 0 Å². The summed E-state index contributed by atoms with van der Waals surface area (Å²) in [7, 11) is 0. The maximum absolute atomic E-state index is 13.7. The highest BCUT2D eigenvalue weighted by molar-refractivity contribution is 8.00. The van der Waals surface area contributed by atoms with E-state index >= 15 is 0 Å². The number of hydrogen-bond acceptors (Lipinski definition) is 6. The topological polar surface area (TPSA) is 75.2 Å². The van der Waals surface area contributed by atoms with Gasteiger partial charge in [-0.1, -0.05) is 71.1 Å². The molecule has 0 radical (unpaired) electrons. The maximum Gasteiger partial charge on any atom is 0.231 e. The second-order valence-corrected chi connectivity index (χ2v) is 9.92. The predicted molar refractivity (Wildman–Crippen MR) is 124 cm³/mol. The lowest BCUT2D eigenvalue weighted by Gasteiger charge is -2.16. The van der Waals surface area contributed by atoms with Crippen LogP contribution in [-0.2, 0) is 21.8 Å². The van der Waals surface area contributed by atoms with E-state index < -0.39 is 5.92 Å². The van der Waals surface area contributed by atoms with E-state index in [4.69, 9.17) is 0 Å². The summed E-state index contributed by atoms with van der Waals surface area (Å²) in [4.78, 5) is 26.7. The third-order valence-electron chi connectivity index (χ3n) is 5.32. The molecule has 0 spiro atoms. The molecule has 1 fully saturated rings. The molecule has 32 heavy (non-hydrogen) atoms. The number of thioether (sulfide) groups is 1. The minimum absolute atomic E-state index is 0.00402. The van der Waals surface area contributed by atoms with Gasteiger partial charge in [0, 0.05) is 25.3 Å². The van der Waals surface area contributed by atoms with Gasteiger partial charge in [0.05, 0.1) is 5.92 Å². The molecule has 1 aromatic heterocycles. The first kappa shape index (κ1) is 22.4. The van der Waals surface area contributed by atoms with Crippen molar-refractivity contribution < 1.29 is 14.0 Å². The van der Waals surface area contributed by atoms with Crippen LogP contribution in [0.5, 0.6) is 0 Å². The number of aromatic nitrogens is 2. The van der Waals surface area contributed by atoms with Gasteiger partial charge in [0.1, 0.15) is 5.82 Å². The van der Waals surface area contributed by atoms with Crippen LogP contribution in [-0.4, -0.2) is 40.0 Å². The van der Waals surface area contributed by atoms with Gasteiger partial charge in [-0.25, -0.2) is 4.39 Å². The summed E-state index contributed by atoms with van der Waals surface area (Å²) >= 11 is 2.61. The molecule has 1 aliphatic rings. The highest BCUT2D eigenvalue weighted by Crippen LogP contribution is 2.29.